The van der Waals surface area contributed by atoms with Gasteiger partial charge in [0.2, 0.25) is 0 Å². The Labute approximate surface area is 114 Å². The molecule has 19 heavy (non-hydrogen) atoms. The van der Waals surface area contributed by atoms with E-state index in [-0.39, 0.29) is 18.5 Å². The van der Waals surface area contributed by atoms with E-state index in [4.69, 9.17) is 4.74 Å². The zero-order valence-corrected chi connectivity index (χ0v) is 10.9. The SMILES string of the molecule is O=C1c2ccccc2C(=O)N1COCc1ccsc1. The summed E-state index contributed by atoms with van der Waals surface area (Å²) in [6.45, 7) is 0.388. The van der Waals surface area contributed by atoms with Gasteiger partial charge in [-0.15, -0.1) is 0 Å². The van der Waals surface area contributed by atoms with Crippen LogP contribution in [-0.4, -0.2) is 23.4 Å². The van der Waals surface area contributed by atoms with Gasteiger partial charge in [-0.2, -0.15) is 11.3 Å². The predicted molar refractivity (Wildman–Crippen MR) is 70.9 cm³/mol. The molecule has 0 radical (unpaired) electrons. The Hall–Kier alpha value is -1.98. The van der Waals surface area contributed by atoms with Crippen molar-refractivity contribution < 1.29 is 14.3 Å². The van der Waals surface area contributed by atoms with Crippen molar-refractivity contribution in [3.05, 3.63) is 57.8 Å². The van der Waals surface area contributed by atoms with E-state index in [0.29, 0.717) is 17.7 Å². The smallest absolute Gasteiger partial charge is 0.263 e. The highest BCUT2D eigenvalue weighted by Crippen LogP contribution is 2.22. The fourth-order valence-corrected chi connectivity index (χ4v) is 2.64. The number of hydrogen-bond donors (Lipinski definition) is 0. The molecule has 4 nitrogen and oxygen atoms in total. The number of imide groups is 1. The summed E-state index contributed by atoms with van der Waals surface area (Å²) in [5.41, 5.74) is 1.94. The second-order valence-corrected chi connectivity index (χ2v) is 4.97. The second-order valence-electron chi connectivity index (χ2n) is 4.19. The van der Waals surface area contributed by atoms with Gasteiger partial charge in [0.25, 0.3) is 11.8 Å². The van der Waals surface area contributed by atoms with E-state index in [9.17, 15) is 9.59 Å². The van der Waals surface area contributed by atoms with Gasteiger partial charge in [0.15, 0.2) is 0 Å². The van der Waals surface area contributed by atoms with Crippen LogP contribution >= 0.6 is 11.3 Å². The summed E-state index contributed by atoms with van der Waals surface area (Å²) in [5, 5.41) is 3.93. The van der Waals surface area contributed by atoms with Crippen LogP contribution in [0.15, 0.2) is 41.1 Å². The van der Waals surface area contributed by atoms with Gasteiger partial charge in [-0.3, -0.25) is 9.59 Å². The molecule has 0 fully saturated rings. The molecule has 1 aromatic carbocycles. The first-order chi connectivity index (χ1) is 9.27. The number of amides is 2. The molecule has 0 spiro atoms. The number of carbonyl (C=O) groups is 2. The minimum absolute atomic E-state index is 0.0117. The third-order valence-corrected chi connectivity index (χ3v) is 3.68. The first-order valence-corrected chi connectivity index (χ1v) is 6.75. The van der Waals surface area contributed by atoms with E-state index >= 15 is 0 Å². The molecule has 96 valence electrons. The van der Waals surface area contributed by atoms with Gasteiger partial charge in [0.1, 0.15) is 6.73 Å². The summed E-state index contributed by atoms with van der Waals surface area (Å²) in [5.74, 6) is -0.572. The van der Waals surface area contributed by atoms with Gasteiger partial charge < -0.3 is 4.74 Å². The molecule has 1 aliphatic rings. The highest BCUT2D eigenvalue weighted by molar-refractivity contribution is 7.07. The largest absolute Gasteiger partial charge is 0.356 e. The van der Waals surface area contributed by atoms with Crippen molar-refractivity contribution in [1.29, 1.82) is 0 Å². The highest BCUT2D eigenvalue weighted by atomic mass is 32.1. The summed E-state index contributed by atoms with van der Waals surface area (Å²) < 4.78 is 5.42. The highest BCUT2D eigenvalue weighted by Gasteiger charge is 2.34. The van der Waals surface area contributed by atoms with E-state index < -0.39 is 0 Å². The number of rotatable bonds is 4. The van der Waals surface area contributed by atoms with E-state index in [1.165, 1.54) is 0 Å². The molecule has 1 aliphatic heterocycles. The lowest BCUT2D eigenvalue weighted by Gasteiger charge is -2.13. The zero-order valence-electron chi connectivity index (χ0n) is 10.0. The molecule has 0 bridgehead atoms. The topological polar surface area (TPSA) is 46.6 Å². The molecular weight excluding hydrogens is 262 g/mol. The lowest BCUT2D eigenvalue weighted by atomic mass is 10.1. The van der Waals surface area contributed by atoms with Gasteiger partial charge >= 0.3 is 0 Å². The van der Waals surface area contributed by atoms with Crippen molar-refractivity contribution in [2.75, 3.05) is 6.73 Å². The minimum atomic E-state index is -0.286. The number of carbonyl (C=O) groups excluding carboxylic acids is 2. The summed E-state index contributed by atoms with van der Waals surface area (Å²) >= 11 is 1.59. The molecule has 2 amide bonds. The fraction of sp³-hybridized carbons (Fsp3) is 0.143. The first-order valence-electron chi connectivity index (χ1n) is 5.81. The molecule has 0 unspecified atom stereocenters. The lowest BCUT2D eigenvalue weighted by Crippen LogP contribution is -2.32. The van der Waals surface area contributed by atoms with E-state index in [0.717, 1.165) is 10.5 Å². The summed E-state index contributed by atoms with van der Waals surface area (Å²) in [6.07, 6.45) is 0. The Morgan fingerprint density at radius 2 is 1.74 bits per heavy atom. The molecule has 2 heterocycles. The van der Waals surface area contributed by atoms with Crippen molar-refractivity contribution in [2.24, 2.45) is 0 Å². The first kappa shape index (κ1) is 12.1. The normalized spacial score (nSPS) is 14.0. The third-order valence-electron chi connectivity index (χ3n) is 2.95. The maximum absolute atomic E-state index is 12.0. The molecule has 3 rings (SSSR count). The van der Waals surface area contributed by atoms with Crippen LogP contribution in [0.3, 0.4) is 0 Å². The Kier molecular flexibility index (Phi) is 3.15. The standard InChI is InChI=1S/C14H11NO3S/c16-13-11-3-1-2-4-12(11)14(17)15(13)9-18-7-10-5-6-19-8-10/h1-6,8H,7,9H2. The Balaban J connectivity index is 1.67. The van der Waals surface area contributed by atoms with Gasteiger partial charge in [-0.05, 0) is 34.5 Å². The van der Waals surface area contributed by atoms with Crippen LogP contribution < -0.4 is 0 Å². The summed E-state index contributed by atoms with van der Waals surface area (Å²) in [6, 6.07) is 8.77. The van der Waals surface area contributed by atoms with Crippen LogP contribution in [0.25, 0.3) is 0 Å². The van der Waals surface area contributed by atoms with Gasteiger partial charge in [-0.25, -0.2) is 4.90 Å². The van der Waals surface area contributed by atoms with Crippen molar-refractivity contribution in [2.45, 2.75) is 6.61 Å². The molecule has 0 saturated carbocycles. The van der Waals surface area contributed by atoms with E-state index in [1.54, 1.807) is 35.6 Å². The average Bonchev–Trinajstić information content (AvgIpc) is 3.02. The molecule has 0 atom stereocenters. The van der Waals surface area contributed by atoms with Crippen molar-refractivity contribution >= 4 is 23.2 Å². The zero-order chi connectivity index (χ0) is 13.2. The minimum Gasteiger partial charge on any atom is -0.356 e. The molecule has 0 saturated heterocycles. The monoisotopic (exact) mass is 273 g/mol. The van der Waals surface area contributed by atoms with Crippen molar-refractivity contribution in [3.63, 3.8) is 0 Å². The average molecular weight is 273 g/mol. The Morgan fingerprint density at radius 1 is 1.05 bits per heavy atom. The van der Waals surface area contributed by atoms with Crippen LogP contribution in [-0.2, 0) is 11.3 Å². The molecular formula is C14H11NO3S. The number of benzene rings is 1. The quantitative estimate of drug-likeness (QED) is 0.804. The Bertz CT molecular complexity index is 586. The fourth-order valence-electron chi connectivity index (χ4n) is 1.99. The van der Waals surface area contributed by atoms with E-state index in [1.807, 2.05) is 16.8 Å². The molecule has 5 heteroatoms. The van der Waals surface area contributed by atoms with Crippen molar-refractivity contribution in [1.82, 2.24) is 4.90 Å². The summed E-state index contributed by atoms with van der Waals surface area (Å²) in [4.78, 5) is 25.2. The van der Waals surface area contributed by atoms with Gasteiger partial charge in [0.05, 0.1) is 17.7 Å². The molecule has 0 aliphatic carbocycles. The summed E-state index contributed by atoms with van der Waals surface area (Å²) in [7, 11) is 0. The lowest BCUT2D eigenvalue weighted by molar-refractivity contribution is 0.0206. The van der Waals surface area contributed by atoms with E-state index in [2.05, 4.69) is 0 Å². The molecule has 2 aromatic rings. The van der Waals surface area contributed by atoms with Gasteiger partial charge in [-0.1, -0.05) is 12.1 Å². The maximum atomic E-state index is 12.0. The maximum Gasteiger partial charge on any atom is 0.263 e. The van der Waals surface area contributed by atoms with Crippen LogP contribution in [0.5, 0.6) is 0 Å². The number of fused-ring (bicyclic) bond motifs is 1. The molecule has 0 N–H and O–H groups in total. The van der Waals surface area contributed by atoms with Crippen LogP contribution in [0.2, 0.25) is 0 Å². The van der Waals surface area contributed by atoms with Crippen molar-refractivity contribution in [3.8, 4) is 0 Å². The second kappa shape index (κ2) is 4.95. The van der Waals surface area contributed by atoms with Gasteiger partial charge in [0, 0.05) is 0 Å². The number of nitrogens with zero attached hydrogens (tertiary/aromatic N) is 1. The van der Waals surface area contributed by atoms with Crippen LogP contribution in [0, 0.1) is 0 Å². The third kappa shape index (κ3) is 2.18. The number of hydrogen-bond acceptors (Lipinski definition) is 4. The predicted octanol–water partition coefficient (Wildman–Crippen LogP) is 2.52. The molecule has 1 aromatic heterocycles. The number of ether oxygens (including phenoxy) is 1. The Morgan fingerprint density at radius 3 is 2.32 bits per heavy atom. The van der Waals surface area contributed by atoms with Crippen LogP contribution in [0.1, 0.15) is 26.3 Å². The van der Waals surface area contributed by atoms with Crippen LogP contribution in [0.4, 0.5) is 0 Å². The number of thiophene rings is 1.